The number of aromatic nitrogens is 4. The quantitative estimate of drug-likeness (QED) is 0.268. The largest absolute Gasteiger partial charge is 0.406 e. The number of halogens is 3. The second-order valence-corrected chi connectivity index (χ2v) is 10.5. The zero-order valence-electron chi connectivity index (χ0n) is 18.7. The lowest BCUT2D eigenvalue weighted by atomic mass is 9.95. The standard InChI is InChI=1S/C23H27F3N4OS2/c1-15-11-19(16(2)29(15)14-23(24,25)26)20(31)13-33-22-28-27-21(12-18-9-6-10-32-18)30(22)17-7-4-3-5-8-17/h6,9-11,17H,3-5,7-8,12-14H2,1-2H3. The second-order valence-electron chi connectivity index (χ2n) is 8.51. The van der Waals surface area contributed by atoms with Crippen LogP contribution in [0.5, 0.6) is 0 Å². The maximum atomic E-state index is 12.9. The van der Waals surface area contributed by atoms with Gasteiger partial charge in [0.25, 0.3) is 0 Å². The van der Waals surface area contributed by atoms with Crippen LogP contribution in [0.4, 0.5) is 13.2 Å². The van der Waals surface area contributed by atoms with Crippen LogP contribution in [0.1, 0.15) is 70.6 Å². The molecule has 0 spiro atoms. The van der Waals surface area contributed by atoms with Gasteiger partial charge in [0.15, 0.2) is 10.9 Å². The molecule has 0 N–H and O–H groups in total. The highest BCUT2D eigenvalue weighted by atomic mass is 32.2. The molecule has 33 heavy (non-hydrogen) atoms. The summed E-state index contributed by atoms with van der Waals surface area (Å²) in [5.74, 6) is 0.822. The fraction of sp³-hybridized carbons (Fsp3) is 0.522. The van der Waals surface area contributed by atoms with Crippen molar-refractivity contribution in [3.8, 4) is 0 Å². The number of aryl methyl sites for hydroxylation is 1. The molecule has 0 aliphatic heterocycles. The number of alkyl halides is 3. The van der Waals surface area contributed by atoms with Crippen molar-refractivity contribution in [3.63, 3.8) is 0 Å². The Morgan fingerprint density at radius 1 is 1.21 bits per heavy atom. The third-order valence-corrected chi connectivity index (χ3v) is 7.95. The first-order valence-electron chi connectivity index (χ1n) is 11.1. The molecule has 4 rings (SSSR count). The molecule has 1 fully saturated rings. The van der Waals surface area contributed by atoms with Gasteiger partial charge in [-0.15, -0.1) is 21.5 Å². The van der Waals surface area contributed by atoms with Crippen LogP contribution in [0.15, 0.2) is 28.7 Å². The van der Waals surface area contributed by atoms with Crippen LogP contribution in [0.3, 0.4) is 0 Å². The summed E-state index contributed by atoms with van der Waals surface area (Å²) in [7, 11) is 0. The molecule has 10 heteroatoms. The molecule has 5 nitrogen and oxygen atoms in total. The number of thiophene rings is 1. The van der Waals surface area contributed by atoms with E-state index in [-0.39, 0.29) is 11.5 Å². The van der Waals surface area contributed by atoms with E-state index in [4.69, 9.17) is 0 Å². The number of carbonyl (C=O) groups is 1. The van der Waals surface area contributed by atoms with Crippen LogP contribution in [0.25, 0.3) is 0 Å². The van der Waals surface area contributed by atoms with Crippen LogP contribution < -0.4 is 0 Å². The van der Waals surface area contributed by atoms with Crippen molar-refractivity contribution in [1.82, 2.24) is 19.3 Å². The SMILES string of the molecule is Cc1cc(C(=O)CSc2nnc(Cc3cccs3)n2C2CCCCC2)c(C)n1CC(F)(F)F. The third kappa shape index (κ3) is 5.71. The molecule has 0 radical (unpaired) electrons. The van der Waals surface area contributed by atoms with E-state index < -0.39 is 12.7 Å². The first-order valence-corrected chi connectivity index (χ1v) is 12.9. The second kappa shape index (κ2) is 10.0. The lowest BCUT2D eigenvalue weighted by Gasteiger charge is -2.25. The van der Waals surface area contributed by atoms with E-state index in [0.29, 0.717) is 34.6 Å². The van der Waals surface area contributed by atoms with E-state index in [1.54, 1.807) is 31.3 Å². The smallest absolute Gasteiger partial charge is 0.339 e. The molecular formula is C23H27F3N4OS2. The van der Waals surface area contributed by atoms with Crippen molar-refractivity contribution >= 4 is 28.9 Å². The monoisotopic (exact) mass is 496 g/mol. The minimum Gasteiger partial charge on any atom is -0.339 e. The van der Waals surface area contributed by atoms with Crippen LogP contribution >= 0.6 is 23.1 Å². The highest BCUT2D eigenvalue weighted by molar-refractivity contribution is 7.99. The average Bonchev–Trinajstić information content (AvgIpc) is 3.49. The minimum absolute atomic E-state index is 0.111. The van der Waals surface area contributed by atoms with E-state index in [1.807, 2.05) is 11.4 Å². The van der Waals surface area contributed by atoms with Crippen LogP contribution in [-0.2, 0) is 13.0 Å². The van der Waals surface area contributed by atoms with Gasteiger partial charge in [-0.2, -0.15) is 13.2 Å². The van der Waals surface area contributed by atoms with Crippen LogP contribution in [-0.4, -0.2) is 37.0 Å². The molecule has 1 aliphatic carbocycles. The maximum absolute atomic E-state index is 12.9. The molecule has 0 unspecified atom stereocenters. The molecule has 3 aromatic rings. The third-order valence-electron chi connectivity index (χ3n) is 6.13. The Labute approximate surface area is 199 Å². The summed E-state index contributed by atoms with van der Waals surface area (Å²) in [4.78, 5) is 14.2. The Morgan fingerprint density at radius 2 is 1.97 bits per heavy atom. The Kier molecular flexibility index (Phi) is 7.33. The van der Waals surface area contributed by atoms with Gasteiger partial charge in [0.05, 0.1) is 5.75 Å². The van der Waals surface area contributed by atoms with Gasteiger partial charge >= 0.3 is 6.18 Å². The lowest BCUT2D eigenvalue weighted by Crippen LogP contribution is -2.20. The molecule has 0 bridgehead atoms. The van der Waals surface area contributed by atoms with Crippen molar-refractivity contribution in [2.75, 3.05) is 5.75 Å². The number of thioether (sulfide) groups is 1. The highest BCUT2D eigenvalue weighted by Gasteiger charge is 2.30. The first kappa shape index (κ1) is 24.1. The Balaban J connectivity index is 1.53. The summed E-state index contributed by atoms with van der Waals surface area (Å²) < 4.78 is 42.1. The van der Waals surface area contributed by atoms with Crippen LogP contribution in [0.2, 0.25) is 0 Å². The van der Waals surface area contributed by atoms with Crippen molar-refractivity contribution in [1.29, 1.82) is 0 Å². The zero-order chi connectivity index (χ0) is 23.6. The van der Waals surface area contributed by atoms with E-state index in [1.165, 1.54) is 23.1 Å². The van der Waals surface area contributed by atoms with Gasteiger partial charge in [0.1, 0.15) is 12.4 Å². The number of carbonyl (C=O) groups excluding carboxylic acids is 1. The van der Waals surface area contributed by atoms with Gasteiger partial charge in [-0.3, -0.25) is 4.79 Å². The minimum atomic E-state index is -4.33. The Bertz CT molecular complexity index is 1100. The highest BCUT2D eigenvalue weighted by Crippen LogP contribution is 2.34. The molecule has 0 atom stereocenters. The summed E-state index contributed by atoms with van der Waals surface area (Å²) in [5.41, 5.74) is 1.12. The summed E-state index contributed by atoms with van der Waals surface area (Å²) in [6.07, 6.45) is 2.05. The van der Waals surface area contributed by atoms with E-state index in [9.17, 15) is 18.0 Å². The predicted molar refractivity (Wildman–Crippen MR) is 124 cm³/mol. The topological polar surface area (TPSA) is 52.7 Å². The number of Topliss-reactive ketones (excluding diaryl/α,β-unsaturated/α-hetero) is 1. The first-order chi connectivity index (χ1) is 15.7. The van der Waals surface area contributed by atoms with Gasteiger partial charge in [-0.25, -0.2) is 0 Å². The number of hydrogen-bond acceptors (Lipinski definition) is 5. The van der Waals surface area contributed by atoms with Crippen molar-refractivity contribution < 1.29 is 18.0 Å². The molecule has 0 saturated heterocycles. The van der Waals surface area contributed by atoms with E-state index in [2.05, 4.69) is 20.8 Å². The molecule has 3 aromatic heterocycles. The molecule has 0 aromatic carbocycles. The lowest BCUT2D eigenvalue weighted by molar-refractivity contribution is -0.141. The van der Waals surface area contributed by atoms with Gasteiger partial charge in [0, 0.05) is 34.3 Å². The zero-order valence-corrected chi connectivity index (χ0v) is 20.3. The molecule has 1 saturated carbocycles. The van der Waals surface area contributed by atoms with Crippen molar-refractivity contribution in [2.45, 2.75) is 76.3 Å². The normalized spacial score (nSPS) is 15.3. The maximum Gasteiger partial charge on any atom is 0.406 e. The van der Waals surface area contributed by atoms with Crippen molar-refractivity contribution in [3.05, 3.63) is 51.2 Å². The van der Waals surface area contributed by atoms with Gasteiger partial charge in [-0.05, 0) is 44.2 Å². The molecule has 0 amide bonds. The Morgan fingerprint density at radius 3 is 2.64 bits per heavy atom. The molecular weight excluding hydrogens is 469 g/mol. The fourth-order valence-electron chi connectivity index (χ4n) is 4.52. The summed E-state index contributed by atoms with van der Waals surface area (Å²) >= 11 is 3.01. The Hall–Kier alpha value is -2.07. The number of nitrogens with zero attached hydrogens (tertiary/aromatic N) is 4. The van der Waals surface area contributed by atoms with Crippen LogP contribution in [0, 0.1) is 13.8 Å². The predicted octanol–water partition coefficient (Wildman–Crippen LogP) is 6.39. The van der Waals surface area contributed by atoms with Gasteiger partial charge < -0.3 is 9.13 Å². The number of rotatable bonds is 8. The number of ketones is 1. The van der Waals surface area contributed by atoms with Gasteiger partial charge in [0.2, 0.25) is 0 Å². The molecule has 178 valence electrons. The fourth-order valence-corrected chi connectivity index (χ4v) is 6.12. The molecule has 1 aliphatic rings. The van der Waals surface area contributed by atoms with E-state index >= 15 is 0 Å². The van der Waals surface area contributed by atoms with Gasteiger partial charge in [-0.1, -0.05) is 37.1 Å². The number of hydrogen-bond donors (Lipinski definition) is 0. The summed E-state index contributed by atoms with van der Waals surface area (Å²) in [6.45, 7) is 2.08. The van der Waals surface area contributed by atoms with Crippen molar-refractivity contribution in [2.24, 2.45) is 0 Å². The average molecular weight is 497 g/mol. The summed E-state index contributed by atoms with van der Waals surface area (Å²) in [5, 5.41) is 11.6. The summed E-state index contributed by atoms with van der Waals surface area (Å²) in [6, 6.07) is 5.97. The molecule has 3 heterocycles. The van der Waals surface area contributed by atoms with E-state index in [0.717, 1.165) is 36.1 Å².